The third kappa shape index (κ3) is 2.62. The van der Waals surface area contributed by atoms with Gasteiger partial charge in [0, 0.05) is 18.4 Å². The maximum Gasteiger partial charge on any atom is 0.331 e. The molecule has 2 aromatic heterocycles. The predicted molar refractivity (Wildman–Crippen MR) is 77.8 cm³/mol. The van der Waals surface area contributed by atoms with Crippen molar-refractivity contribution < 1.29 is 23.8 Å². The lowest BCUT2D eigenvalue weighted by Crippen LogP contribution is -2.55. The first-order chi connectivity index (χ1) is 10.5. The summed E-state index contributed by atoms with van der Waals surface area (Å²) in [6.45, 7) is 2.09. The molecule has 7 nitrogen and oxygen atoms in total. The average Bonchev–Trinajstić information content (AvgIpc) is 3.17. The van der Waals surface area contributed by atoms with Crippen LogP contribution in [0.1, 0.15) is 22.7 Å². The van der Waals surface area contributed by atoms with Crippen molar-refractivity contribution in [2.24, 2.45) is 0 Å². The summed E-state index contributed by atoms with van der Waals surface area (Å²) in [6.07, 6.45) is 0.239. The van der Waals surface area contributed by atoms with Gasteiger partial charge in [0.1, 0.15) is 11.5 Å². The number of nitrogens with zero attached hydrogens (tertiary/aromatic N) is 1. The minimum atomic E-state index is -1.37. The average molecular weight is 322 g/mol. The predicted octanol–water partition coefficient (Wildman–Crippen LogP) is 1.69. The maximum absolute atomic E-state index is 12.2. The number of aliphatic carboxylic acids is 1. The monoisotopic (exact) mass is 322 g/mol. The molecular formula is C14H14N2O5S. The number of amides is 1. The Hall–Kier alpha value is -2.19. The Morgan fingerprint density at radius 2 is 2.27 bits per heavy atom. The lowest BCUT2D eigenvalue weighted by atomic mass is 9.99. The zero-order valence-electron chi connectivity index (χ0n) is 11.8. The number of carboxylic acid groups (broad SMARTS) is 1. The van der Waals surface area contributed by atoms with Gasteiger partial charge in [0.05, 0.1) is 6.61 Å². The summed E-state index contributed by atoms with van der Waals surface area (Å²) in [5.41, 5.74) is -1.20. The van der Waals surface area contributed by atoms with Gasteiger partial charge in [-0.2, -0.15) is 0 Å². The molecule has 3 heterocycles. The number of aromatic nitrogens is 1. The van der Waals surface area contributed by atoms with Gasteiger partial charge in [-0.05, 0) is 19.1 Å². The Labute approximate surface area is 129 Å². The molecule has 116 valence electrons. The molecule has 1 saturated heterocycles. The number of furan rings is 1. The molecule has 0 saturated carbocycles. The van der Waals surface area contributed by atoms with E-state index >= 15 is 0 Å². The number of aryl methyl sites for hydroxylation is 1. The van der Waals surface area contributed by atoms with Crippen LogP contribution in [-0.4, -0.2) is 40.7 Å². The van der Waals surface area contributed by atoms with Gasteiger partial charge in [0.2, 0.25) is 0 Å². The summed E-state index contributed by atoms with van der Waals surface area (Å²) in [4.78, 5) is 27.8. The van der Waals surface area contributed by atoms with E-state index in [1.165, 1.54) is 11.3 Å². The van der Waals surface area contributed by atoms with E-state index in [2.05, 4.69) is 10.3 Å². The van der Waals surface area contributed by atoms with Crippen LogP contribution in [0.15, 0.2) is 21.9 Å². The lowest BCUT2D eigenvalue weighted by Gasteiger charge is -2.22. The van der Waals surface area contributed by atoms with Gasteiger partial charge in [-0.3, -0.25) is 4.79 Å². The third-order valence-corrected chi connectivity index (χ3v) is 4.33. The fourth-order valence-corrected chi connectivity index (χ4v) is 2.97. The van der Waals surface area contributed by atoms with Gasteiger partial charge in [0.25, 0.3) is 5.91 Å². The van der Waals surface area contributed by atoms with Crippen LogP contribution in [0.4, 0.5) is 0 Å². The van der Waals surface area contributed by atoms with Crippen LogP contribution in [0, 0.1) is 6.92 Å². The minimum Gasteiger partial charge on any atom is -0.479 e. The first-order valence-corrected chi connectivity index (χ1v) is 7.54. The van der Waals surface area contributed by atoms with Crippen molar-refractivity contribution in [3.63, 3.8) is 0 Å². The number of nitrogens with one attached hydrogen (secondary N) is 1. The molecule has 0 spiro atoms. The zero-order chi connectivity index (χ0) is 15.7. The molecule has 0 aromatic carbocycles. The number of carboxylic acids is 1. The molecule has 8 heteroatoms. The molecule has 1 amide bonds. The number of thiazole rings is 1. The first kappa shape index (κ1) is 14.7. The fraction of sp³-hybridized carbons (Fsp3) is 0.357. The minimum absolute atomic E-state index is 0.0392. The van der Waals surface area contributed by atoms with Crippen LogP contribution in [0.2, 0.25) is 0 Å². The number of rotatable bonds is 4. The van der Waals surface area contributed by atoms with Gasteiger partial charge in [-0.25, -0.2) is 9.78 Å². The van der Waals surface area contributed by atoms with Crippen molar-refractivity contribution in [3.8, 4) is 10.8 Å². The van der Waals surface area contributed by atoms with Crippen molar-refractivity contribution in [1.29, 1.82) is 0 Å². The molecule has 1 fully saturated rings. The van der Waals surface area contributed by atoms with Crippen LogP contribution in [0.3, 0.4) is 0 Å². The molecule has 3 rings (SSSR count). The van der Waals surface area contributed by atoms with Crippen molar-refractivity contribution in [3.05, 3.63) is 29.0 Å². The van der Waals surface area contributed by atoms with Gasteiger partial charge >= 0.3 is 5.97 Å². The summed E-state index contributed by atoms with van der Waals surface area (Å²) in [6, 6.07) is 3.59. The van der Waals surface area contributed by atoms with Crippen molar-refractivity contribution in [1.82, 2.24) is 10.3 Å². The lowest BCUT2D eigenvalue weighted by molar-refractivity contribution is -0.144. The van der Waals surface area contributed by atoms with Crippen molar-refractivity contribution in [2.75, 3.05) is 13.2 Å². The Kier molecular flexibility index (Phi) is 3.71. The van der Waals surface area contributed by atoms with E-state index in [1.807, 2.05) is 13.0 Å². The van der Waals surface area contributed by atoms with E-state index in [9.17, 15) is 14.7 Å². The van der Waals surface area contributed by atoms with E-state index in [0.717, 1.165) is 5.76 Å². The standard InChI is InChI=1S/C14H14N2O5S/c1-8-2-3-10(21-8)12-15-9(6-22-12)11(17)16-14(13(18)19)4-5-20-7-14/h2-3,6H,4-5,7H2,1H3,(H,16,17)(H,18,19). The number of carbonyl (C=O) groups excluding carboxylic acids is 1. The van der Waals surface area contributed by atoms with Gasteiger partial charge in [0.15, 0.2) is 16.3 Å². The second-order valence-electron chi connectivity index (χ2n) is 5.09. The van der Waals surface area contributed by atoms with Gasteiger partial charge < -0.3 is 19.6 Å². The second-order valence-corrected chi connectivity index (χ2v) is 5.95. The van der Waals surface area contributed by atoms with E-state index in [-0.39, 0.29) is 18.7 Å². The highest BCUT2D eigenvalue weighted by atomic mass is 32.1. The summed E-state index contributed by atoms with van der Waals surface area (Å²) < 4.78 is 10.6. The Bertz CT molecular complexity index is 714. The largest absolute Gasteiger partial charge is 0.479 e. The SMILES string of the molecule is Cc1ccc(-c2nc(C(=O)NC3(C(=O)O)CCOC3)cs2)o1. The number of carbonyl (C=O) groups is 2. The number of ether oxygens (including phenoxy) is 1. The normalized spacial score (nSPS) is 21.0. The molecule has 1 atom stereocenters. The van der Waals surface area contributed by atoms with E-state index in [4.69, 9.17) is 9.15 Å². The van der Waals surface area contributed by atoms with Gasteiger partial charge in [-0.15, -0.1) is 11.3 Å². The molecule has 0 aliphatic carbocycles. The van der Waals surface area contributed by atoms with Crippen LogP contribution in [0.25, 0.3) is 10.8 Å². The molecule has 0 radical (unpaired) electrons. The Morgan fingerprint density at radius 1 is 1.45 bits per heavy atom. The molecule has 1 unspecified atom stereocenters. The zero-order valence-corrected chi connectivity index (χ0v) is 12.6. The highest BCUT2D eigenvalue weighted by Gasteiger charge is 2.44. The van der Waals surface area contributed by atoms with E-state index in [0.29, 0.717) is 17.4 Å². The highest BCUT2D eigenvalue weighted by Crippen LogP contribution is 2.26. The summed E-state index contributed by atoms with van der Waals surface area (Å²) in [5.74, 6) is -0.294. The van der Waals surface area contributed by atoms with Crippen LogP contribution in [-0.2, 0) is 9.53 Å². The molecule has 1 aliphatic rings. The molecule has 2 N–H and O–H groups in total. The van der Waals surface area contributed by atoms with Crippen LogP contribution < -0.4 is 5.32 Å². The molecule has 2 aromatic rings. The second kappa shape index (κ2) is 5.54. The first-order valence-electron chi connectivity index (χ1n) is 6.66. The van der Waals surface area contributed by atoms with E-state index < -0.39 is 17.4 Å². The molecular weight excluding hydrogens is 308 g/mol. The summed E-state index contributed by atoms with van der Waals surface area (Å²) in [7, 11) is 0. The van der Waals surface area contributed by atoms with Crippen LogP contribution >= 0.6 is 11.3 Å². The Balaban J connectivity index is 1.78. The Morgan fingerprint density at radius 3 is 2.86 bits per heavy atom. The fourth-order valence-electron chi connectivity index (χ4n) is 2.21. The maximum atomic E-state index is 12.2. The number of hydrogen-bond acceptors (Lipinski definition) is 6. The smallest absolute Gasteiger partial charge is 0.331 e. The summed E-state index contributed by atoms with van der Waals surface area (Å²) in [5, 5.41) is 14.0. The van der Waals surface area contributed by atoms with Gasteiger partial charge in [-0.1, -0.05) is 0 Å². The molecule has 0 bridgehead atoms. The molecule has 22 heavy (non-hydrogen) atoms. The highest BCUT2D eigenvalue weighted by molar-refractivity contribution is 7.13. The topological polar surface area (TPSA) is 102 Å². The third-order valence-electron chi connectivity index (χ3n) is 3.47. The molecule has 1 aliphatic heterocycles. The van der Waals surface area contributed by atoms with Crippen molar-refractivity contribution in [2.45, 2.75) is 18.9 Å². The van der Waals surface area contributed by atoms with E-state index in [1.54, 1.807) is 11.4 Å². The number of hydrogen-bond donors (Lipinski definition) is 2. The summed E-state index contributed by atoms with van der Waals surface area (Å²) >= 11 is 1.27. The quantitative estimate of drug-likeness (QED) is 0.888. The van der Waals surface area contributed by atoms with Crippen LogP contribution in [0.5, 0.6) is 0 Å². The van der Waals surface area contributed by atoms with Crippen molar-refractivity contribution >= 4 is 23.2 Å².